The molecule has 0 aliphatic carbocycles. The van der Waals surface area contributed by atoms with Crippen LogP contribution in [0.2, 0.25) is 0 Å². The van der Waals surface area contributed by atoms with Gasteiger partial charge in [0.15, 0.2) is 0 Å². The molecule has 0 saturated carbocycles. The minimum absolute atomic E-state index is 0.0967. The smallest absolute Gasteiger partial charge is 0.251 e. The van der Waals surface area contributed by atoms with Crippen molar-refractivity contribution in [3.05, 3.63) is 94.3 Å². The van der Waals surface area contributed by atoms with Gasteiger partial charge in [-0.3, -0.25) is 4.79 Å². The van der Waals surface area contributed by atoms with Gasteiger partial charge in [0.2, 0.25) is 0 Å². The van der Waals surface area contributed by atoms with Crippen LogP contribution in [0.3, 0.4) is 0 Å². The van der Waals surface area contributed by atoms with Gasteiger partial charge in [-0.15, -0.1) is 0 Å². The van der Waals surface area contributed by atoms with Crippen molar-refractivity contribution in [3.8, 4) is 5.75 Å². The summed E-state index contributed by atoms with van der Waals surface area (Å²) < 4.78 is 7.44. The molecule has 5 nitrogen and oxygen atoms in total. The summed E-state index contributed by atoms with van der Waals surface area (Å²) in [5, 5.41) is 3.02. The van der Waals surface area contributed by atoms with Crippen LogP contribution < -0.4 is 10.1 Å². The number of hydrogen-bond acceptors (Lipinski definition) is 3. The zero-order chi connectivity index (χ0) is 22.7. The Labute approximate surface area is 189 Å². The predicted octanol–water partition coefficient (Wildman–Crippen LogP) is 4.99. The van der Waals surface area contributed by atoms with Crippen molar-refractivity contribution in [2.75, 3.05) is 13.7 Å². The number of nitrogens with one attached hydrogen (secondary N) is 1. The summed E-state index contributed by atoms with van der Waals surface area (Å²) >= 11 is 0. The van der Waals surface area contributed by atoms with E-state index >= 15 is 0 Å². The number of aryl methyl sites for hydroxylation is 3. The van der Waals surface area contributed by atoms with Crippen molar-refractivity contribution in [3.63, 3.8) is 0 Å². The molecule has 4 aromatic rings. The summed E-state index contributed by atoms with van der Waals surface area (Å²) in [5.74, 6) is 1.61. The molecule has 0 bridgehead atoms. The fraction of sp³-hybridized carbons (Fsp3) is 0.259. The summed E-state index contributed by atoms with van der Waals surface area (Å²) in [6.45, 7) is 7.75. The number of aromatic nitrogens is 2. The molecule has 0 aliphatic rings. The first-order valence-corrected chi connectivity index (χ1v) is 10.9. The lowest BCUT2D eigenvalue weighted by Crippen LogP contribution is -2.26. The maximum Gasteiger partial charge on any atom is 0.251 e. The standard InChI is InChI=1S/C27H29N3O2/c1-18-15-19(2)23(20(3)16-18)17-30-25-8-6-5-7-24(25)29-26(30)13-14-28-27(31)21-9-11-22(32-4)12-10-21/h5-12,15-16H,13-14,17H2,1-4H3,(H,28,31). The molecule has 164 valence electrons. The first kappa shape index (κ1) is 21.6. The highest BCUT2D eigenvalue weighted by atomic mass is 16.5. The quantitative estimate of drug-likeness (QED) is 0.452. The van der Waals surface area contributed by atoms with Crippen molar-refractivity contribution in [1.29, 1.82) is 0 Å². The van der Waals surface area contributed by atoms with Gasteiger partial charge in [0, 0.05) is 25.1 Å². The zero-order valence-corrected chi connectivity index (χ0v) is 19.1. The second-order valence-corrected chi connectivity index (χ2v) is 8.21. The van der Waals surface area contributed by atoms with E-state index in [4.69, 9.17) is 9.72 Å². The Hall–Kier alpha value is -3.60. The van der Waals surface area contributed by atoms with Crippen molar-refractivity contribution in [2.45, 2.75) is 33.7 Å². The van der Waals surface area contributed by atoms with E-state index in [0.717, 1.165) is 29.2 Å². The Balaban J connectivity index is 1.54. The molecule has 0 radical (unpaired) electrons. The molecule has 0 spiro atoms. The Kier molecular flexibility index (Phi) is 6.26. The van der Waals surface area contributed by atoms with E-state index in [1.807, 2.05) is 18.2 Å². The number of para-hydroxylation sites is 2. The second-order valence-electron chi connectivity index (χ2n) is 8.21. The molecular formula is C27H29N3O2. The molecule has 4 rings (SSSR count). The molecule has 0 fully saturated rings. The molecular weight excluding hydrogens is 398 g/mol. The number of methoxy groups -OCH3 is 1. The summed E-state index contributed by atoms with van der Waals surface area (Å²) in [6, 6.07) is 19.8. The van der Waals surface area contributed by atoms with Gasteiger partial charge in [-0.1, -0.05) is 29.8 Å². The third-order valence-corrected chi connectivity index (χ3v) is 5.88. The van der Waals surface area contributed by atoms with Gasteiger partial charge < -0.3 is 14.6 Å². The first-order valence-electron chi connectivity index (χ1n) is 10.9. The van der Waals surface area contributed by atoms with E-state index in [9.17, 15) is 4.79 Å². The van der Waals surface area contributed by atoms with Crippen LogP contribution in [0.4, 0.5) is 0 Å². The van der Waals surface area contributed by atoms with E-state index in [2.05, 4.69) is 48.9 Å². The number of amides is 1. The molecule has 0 atom stereocenters. The molecule has 0 saturated heterocycles. The monoisotopic (exact) mass is 427 g/mol. The Morgan fingerprint density at radius 2 is 1.69 bits per heavy atom. The van der Waals surface area contributed by atoms with Gasteiger partial charge >= 0.3 is 0 Å². The topological polar surface area (TPSA) is 56.1 Å². The maximum absolute atomic E-state index is 12.5. The number of carbonyl (C=O) groups is 1. The van der Waals surface area contributed by atoms with Crippen LogP contribution in [0.5, 0.6) is 5.75 Å². The average Bonchev–Trinajstić information content (AvgIpc) is 3.13. The van der Waals surface area contributed by atoms with E-state index in [1.165, 1.54) is 22.3 Å². The minimum atomic E-state index is -0.0967. The van der Waals surface area contributed by atoms with Gasteiger partial charge in [-0.2, -0.15) is 0 Å². The van der Waals surface area contributed by atoms with E-state index in [0.29, 0.717) is 18.5 Å². The highest BCUT2D eigenvalue weighted by molar-refractivity contribution is 5.94. The van der Waals surface area contributed by atoms with Gasteiger partial charge in [-0.05, 0) is 73.9 Å². The summed E-state index contributed by atoms with van der Waals surface area (Å²) in [7, 11) is 1.61. The van der Waals surface area contributed by atoms with Gasteiger partial charge in [0.25, 0.3) is 5.91 Å². The number of benzene rings is 3. The van der Waals surface area contributed by atoms with Crippen LogP contribution in [0.15, 0.2) is 60.7 Å². The van der Waals surface area contributed by atoms with E-state index in [1.54, 1.807) is 31.4 Å². The van der Waals surface area contributed by atoms with Crippen LogP contribution in [-0.4, -0.2) is 29.1 Å². The van der Waals surface area contributed by atoms with Crippen LogP contribution >= 0.6 is 0 Å². The molecule has 3 aromatic carbocycles. The summed E-state index contributed by atoms with van der Waals surface area (Å²) in [5.41, 5.74) is 7.89. The van der Waals surface area contributed by atoms with Crippen molar-refractivity contribution >= 4 is 16.9 Å². The molecule has 0 unspecified atom stereocenters. The van der Waals surface area contributed by atoms with E-state index < -0.39 is 0 Å². The van der Waals surface area contributed by atoms with Crippen LogP contribution in [0.25, 0.3) is 11.0 Å². The van der Waals surface area contributed by atoms with Gasteiger partial charge in [0.1, 0.15) is 11.6 Å². The molecule has 1 N–H and O–H groups in total. The second kappa shape index (κ2) is 9.27. The Bertz CT molecular complexity index is 1230. The SMILES string of the molecule is COc1ccc(C(=O)NCCc2nc3ccccc3n2Cc2c(C)cc(C)cc2C)cc1. The van der Waals surface area contributed by atoms with Gasteiger partial charge in [-0.25, -0.2) is 4.98 Å². The summed E-state index contributed by atoms with van der Waals surface area (Å²) in [4.78, 5) is 17.4. The van der Waals surface area contributed by atoms with Crippen LogP contribution in [0, 0.1) is 20.8 Å². The highest BCUT2D eigenvalue weighted by Gasteiger charge is 2.14. The Morgan fingerprint density at radius 1 is 1.00 bits per heavy atom. The first-order chi connectivity index (χ1) is 15.5. The fourth-order valence-electron chi connectivity index (χ4n) is 4.24. The summed E-state index contributed by atoms with van der Waals surface area (Å²) in [6.07, 6.45) is 0.653. The number of hydrogen-bond donors (Lipinski definition) is 1. The van der Waals surface area contributed by atoms with Crippen molar-refractivity contribution in [2.24, 2.45) is 0 Å². The van der Waals surface area contributed by atoms with E-state index in [-0.39, 0.29) is 5.91 Å². The minimum Gasteiger partial charge on any atom is -0.497 e. The number of ether oxygens (including phenoxy) is 1. The van der Waals surface area contributed by atoms with Crippen molar-refractivity contribution < 1.29 is 9.53 Å². The van der Waals surface area contributed by atoms with Crippen LogP contribution in [0.1, 0.15) is 38.4 Å². The highest BCUT2D eigenvalue weighted by Crippen LogP contribution is 2.23. The number of carbonyl (C=O) groups excluding carboxylic acids is 1. The van der Waals surface area contributed by atoms with Gasteiger partial charge in [0.05, 0.1) is 18.1 Å². The largest absolute Gasteiger partial charge is 0.497 e. The fourth-order valence-corrected chi connectivity index (χ4v) is 4.24. The molecule has 1 aromatic heterocycles. The molecule has 1 amide bonds. The average molecular weight is 428 g/mol. The molecule has 1 heterocycles. The van der Waals surface area contributed by atoms with Crippen molar-refractivity contribution in [1.82, 2.24) is 14.9 Å². The Morgan fingerprint density at radius 3 is 2.38 bits per heavy atom. The number of nitrogens with zero attached hydrogens (tertiary/aromatic N) is 2. The number of fused-ring (bicyclic) bond motifs is 1. The lowest BCUT2D eigenvalue weighted by molar-refractivity contribution is 0.0954. The zero-order valence-electron chi connectivity index (χ0n) is 19.1. The lowest BCUT2D eigenvalue weighted by Gasteiger charge is -2.15. The normalized spacial score (nSPS) is 11.0. The third kappa shape index (κ3) is 4.52. The maximum atomic E-state index is 12.5. The van der Waals surface area contributed by atoms with Crippen LogP contribution in [-0.2, 0) is 13.0 Å². The number of rotatable bonds is 7. The molecule has 0 aliphatic heterocycles. The third-order valence-electron chi connectivity index (χ3n) is 5.88. The molecule has 32 heavy (non-hydrogen) atoms. The number of imidazole rings is 1. The predicted molar refractivity (Wildman–Crippen MR) is 129 cm³/mol. The lowest BCUT2D eigenvalue weighted by atomic mass is 9.99. The molecule has 5 heteroatoms.